The van der Waals surface area contributed by atoms with Gasteiger partial charge in [0.1, 0.15) is 0 Å². The van der Waals surface area contributed by atoms with Crippen molar-refractivity contribution in [3.63, 3.8) is 0 Å². The number of benzene rings is 1. The topological polar surface area (TPSA) is 80.4 Å². The van der Waals surface area contributed by atoms with E-state index in [1.807, 2.05) is 6.92 Å². The van der Waals surface area contributed by atoms with Gasteiger partial charge in [0.15, 0.2) is 0 Å². The summed E-state index contributed by atoms with van der Waals surface area (Å²) in [6, 6.07) is 4.37. The fourth-order valence-electron chi connectivity index (χ4n) is 2.11. The Hall–Kier alpha value is -1.62. The lowest BCUT2D eigenvalue weighted by molar-refractivity contribution is -0.385. The minimum atomic E-state index is -1.05. The van der Waals surface area contributed by atoms with Crippen LogP contribution >= 0.6 is 11.6 Å². The lowest BCUT2D eigenvalue weighted by Gasteiger charge is -2.24. The summed E-state index contributed by atoms with van der Waals surface area (Å²) in [6.45, 7) is 3.47. The lowest BCUT2D eigenvalue weighted by Crippen LogP contribution is -2.30. The summed E-state index contributed by atoms with van der Waals surface area (Å²) in [5.74, 6) is -0.969. The lowest BCUT2D eigenvalue weighted by atomic mass is 9.79. The Kier molecular flexibility index (Phi) is 4.89. The molecule has 6 heteroatoms. The molecule has 104 valence electrons. The number of halogens is 1. The van der Waals surface area contributed by atoms with Crippen LogP contribution < -0.4 is 0 Å². The smallest absolute Gasteiger partial charge is 0.309 e. The monoisotopic (exact) mass is 285 g/mol. The molecule has 0 aliphatic heterocycles. The molecule has 0 heterocycles. The van der Waals surface area contributed by atoms with E-state index in [2.05, 4.69) is 0 Å². The summed E-state index contributed by atoms with van der Waals surface area (Å²) < 4.78 is 0. The second kappa shape index (κ2) is 6.02. The van der Waals surface area contributed by atoms with E-state index in [0.717, 1.165) is 0 Å². The van der Waals surface area contributed by atoms with Crippen LogP contribution in [0.1, 0.15) is 32.3 Å². The molecule has 5 nitrogen and oxygen atoms in total. The molecule has 1 N–H and O–H groups in total. The van der Waals surface area contributed by atoms with Gasteiger partial charge in [-0.3, -0.25) is 14.9 Å². The van der Waals surface area contributed by atoms with Crippen molar-refractivity contribution >= 4 is 23.3 Å². The quantitative estimate of drug-likeness (QED) is 0.638. The Labute approximate surface area is 116 Å². The number of hydrogen-bond donors (Lipinski definition) is 1. The van der Waals surface area contributed by atoms with Crippen LogP contribution in [-0.2, 0) is 11.2 Å². The molecule has 1 aromatic rings. The van der Waals surface area contributed by atoms with Crippen molar-refractivity contribution in [3.05, 3.63) is 38.9 Å². The maximum atomic E-state index is 11.4. The molecule has 0 fully saturated rings. The maximum Gasteiger partial charge on any atom is 0.309 e. The molecule has 0 amide bonds. The molecule has 0 aliphatic rings. The fourth-order valence-corrected chi connectivity index (χ4v) is 2.34. The summed E-state index contributed by atoms with van der Waals surface area (Å²) >= 11 is 5.99. The summed E-state index contributed by atoms with van der Waals surface area (Å²) in [4.78, 5) is 21.8. The third-order valence-electron chi connectivity index (χ3n) is 3.18. The van der Waals surface area contributed by atoms with Crippen LogP contribution in [0.15, 0.2) is 18.2 Å². The summed E-state index contributed by atoms with van der Waals surface area (Å²) in [6.07, 6.45) is 1.16. The number of nitro groups is 1. The van der Waals surface area contributed by atoms with Crippen LogP contribution in [0.5, 0.6) is 0 Å². The normalized spacial score (nSPS) is 13.8. The molecule has 0 saturated heterocycles. The first kappa shape index (κ1) is 15.4. The Morgan fingerprint density at radius 2 is 2.16 bits per heavy atom. The predicted molar refractivity (Wildman–Crippen MR) is 72.5 cm³/mol. The first-order chi connectivity index (χ1) is 8.81. The van der Waals surface area contributed by atoms with Crippen LogP contribution in [0.2, 0.25) is 5.02 Å². The summed E-state index contributed by atoms with van der Waals surface area (Å²) in [7, 11) is 0. The van der Waals surface area contributed by atoms with Crippen LogP contribution in [0.3, 0.4) is 0 Å². The highest BCUT2D eigenvalue weighted by atomic mass is 35.5. The molecule has 0 radical (unpaired) electrons. The van der Waals surface area contributed by atoms with Gasteiger partial charge in [0.25, 0.3) is 5.69 Å². The van der Waals surface area contributed by atoms with Crippen molar-refractivity contribution < 1.29 is 14.8 Å². The van der Waals surface area contributed by atoms with Crippen molar-refractivity contribution in [1.29, 1.82) is 0 Å². The third kappa shape index (κ3) is 3.44. The SMILES string of the molecule is CCCC(C)(Cc1c(Cl)cccc1[N+](=O)[O-])C(=O)O. The second-order valence-electron chi connectivity index (χ2n) is 4.79. The first-order valence-electron chi connectivity index (χ1n) is 5.97. The molecule has 1 rings (SSSR count). The minimum absolute atomic E-state index is 0.0478. The van der Waals surface area contributed by atoms with E-state index < -0.39 is 16.3 Å². The van der Waals surface area contributed by atoms with E-state index in [4.69, 9.17) is 11.6 Å². The van der Waals surface area contributed by atoms with E-state index in [1.165, 1.54) is 18.2 Å². The molecule has 0 spiro atoms. The van der Waals surface area contributed by atoms with Gasteiger partial charge in [-0.15, -0.1) is 0 Å². The van der Waals surface area contributed by atoms with Gasteiger partial charge in [0, 0.05) is 11.6 Å². The zero-order chi connectivity index (χ0) is 14.6. The zero-order valence-electron chi connectivity index (χ0n) is 10.9. The highest BCUT2D eigenvalue weighted by molar-refractivity contribution is 6.31. The maximum absolute atomic E-state index is 11.4. The molecular weight excluding hydrogens is 270 g/mol. The van der Waals surface area contributed by atoms with Gasteiger partial charge < -0.3 is 5.11 Å². The van der Waals surface area contributed by atoms with Crippen LogP contribution in [-0.4, -0.2) is 16.0 Å². The highest BCUT2D eigenvalue weighted by Gasteiger charge is 2.35. The average molecular weight is 286 g/mol. The number of aliphatic carboxylic acids is 1. The molecule has 0 bridgehead atoms. The summed E-state index contributed by atoms with van der Waals surface area (Å²) in [5.41, 5.74) is -0.895. The highest BCUT2D eigenvalue weighted by Crippen LogP contribution is 2.35. The van der Waals surface area contributed by atoms with Gasteiger partial charge in [0.2, 0.25) is 0 Å². The van der Waals surface area contributed by atoms with Crippen molar-refractivity contribution in [2.24, 2.45) is 5.41 Å². The van der Waals surface area contributed by atoms with Crippen molar-refractivity contribution in [2.75, 3.05) is 0 Å². The Bertz CT molecular complexity index is 503. The predicted octanol–water partition coefficient (Wildman–Crippen LogP) is 3.68. The Morgan fingerprint density at radius 1 is 1.53 bits per heavy atom. The fraction of sp³-hybridized carbons (Fsp3) is 0.462. The van der Waals surface area contributed by atoms with E-state index >= 15 is 0 Å². The Morgan fingerprint density at radius 3 is 2.63 bits per heavy atom. The van der Waals surface area contributed by atoms with Crippen molar-refractivity contribution in [1.82, 2.24) is 0 Å². The van der Waals surface area contributed by atoms with E-state index in [-0.39, 0.29) is 22.7 Å². The standard InChI is InChI=1S/C13H16ClNO4/c1-3-7-13(2,12(16)17)8-9-10(14)5-4-6-11(9)15(18)19/h4-6H,3,7-8H2,1-2H3,(H,16,17). The molecule has 0 saturated carbocycles. The van der Waals surface area contributed by atoms with E-state index in [1.54, 1.807) is 6.92 Å². The number of hydrogen-bond acceptors (Lipinski definition) is 3. The first-order valence-corrected chi connectivity index (χ1v) is 6.35. The van der Waals surface area contributed by atoms with Gasteiger partial charge >= 0.3 is 5.97 Å². The van der Waals surface area contributed by atoms with Crippen LogP contribution in [0, 0.1) is 15.5 Å². The van der Waals surface area contributed by atoms with E-state index in [0.29, 0.717) is 12.8 Å². The number of rotatable bonds is 6. The molecule has 19 heavy (non-hydrogen) atoms. The summed E-state index contributed by atoms with van der Waals surface area (Å²) in [5, 5.41) is 20.6. The van der Waals surface area contributed by atoms with Crippen LogP contribution in [0.4, 0.5) is 5.69 Å². The largest absolute Gasteiger partial charge is 0.481 e. The number of nitro benzene ring substituents is 1. The van der Waals surface area contributed by atoms with Crippen molar-refractivity contribution in [2.45, 2.75) is 33.1 Å². The Balaban J connectivity index is 3.23. The average Bonchev–Trinajstić information content (AvgIpc) is 2.31. The molecular formula is C13H16ClNO4. The molecule has 1 atom stereocenters. The number of carboxylic acids is 1. The molecule has 0 aromatic heterocycles. The van der Waals surface area contributed by atoms with Crippen LogP contribution in [0.25, 0.3) is 0 Å². The van der Waals surface area contributed by atoms with E-state index in [9.17, 15) is 20.0 Å². The number of carboxylic acid groups (broad SMARTS) is 1. The van der Waals surface area contributed by atoms with Crippen molar-refractivity contribution in [3.8, 4) is 0 Å². The minimum Gasteiger partial charge on any atom is -0.481 e. The molecule has 1 aromatic carbocycles. The van der Waals surface area contributed by atoms with Gasteiger partial charge in [-0.2, -0.15) is 0 Å². The number of carbonyl (C=O) groups is 1. The van der Waals surface area contributed by atoms with Gasteiger partial charge in [-0.1, -0.05) is 31.0 Å². The number of nitrogens with zero attached hydrogens (tertiary/aromatic N) is 1. The third-order valence-corrected chi connectivity index (χ3v) is 3.53. The molecule has 1 unspecified atom stereocenters. The van der Waals surface area contributed by atoms with Gasteiger partial charge in [-0.25, -0.2) is 0 Å². The zero-order valence-corrected chi connectivity index (χ0v) is 11.6. The van der Waals surface area contributed by atoms with Gasteiger partial charge in [-0.05, 0) is 25.8 Å². The molecule has 0 aliphatic carbocycles. The van der Waals surface area contributed by atoms with Gasteiger partial charge in [0.05, 0.1) is 15.4 Å². The second-order valence-corrected chi connectivity index (χ2v) is 5.19.